The summed E-state index contributed by atoms with van der Waals surface area (Å²) >= 11 is 0. The first kappa shape index (κ1) is 13.4. The van der Waals surface area contributed by atoms with E-state index < -0.39 is 0 Å². The summed E-state index contributed by atoms with van der Waals surface area (Å²) in [5.74, 6) is 1.77. The molecule has 0 bridgehead atoms. The fraction of sp³-hybridized carbons (Fsp3) is 1.00. The van der Waals surface area contributed by atoms with E-state index in [1.807, 2.05) is 0 Å². The minimum Gasteiger partial charge on any atom is -0.381 e. The maximum absolute atomic E-state index is 5.48. The zero-order valence-corrected chi connectivity index (χ0v) is 11.6. The Morgan fingerprint density at radius 2 is 1.94 bits per heavy atom. The van der Waals surface area contributed by atoms with Gasteiger partial charge in [0.2, 0.25) is 0 Å². The molecule has 17 heavy (non-hydrogen) atoms. The number of rotatable bonds is 5. The molecule has 0 aromatic heterocycles. The summed E-state index contributed by atoms with van der Waals surface area (Å²) in [7, 11) is 0. The van der Waals surface area contributed by atoms with Crippen molar-refractivity contribution in [2.24, 2.45) is 11.8 Å². The van der Waals surface area contributed by atoms with Gasteiger partial charge in [0.15, 0.2) is 0 Å². The molecule has 2 aliphatic rings. The molecule has 1 N–H and O–H groups in total. The number of ether oxygens (including phenoxy) is 1. The van der Waals surface area contributed by atoms with Crippen LogP contribution in [-0.4, -0.2) is 25.3 Å². The highest BCUT2D eigenvalue weighted by Gasteiger charge is 2.26. The van der Waals surface area contributed by atoms with Crippen molar-refractivity contribution in [3.05, 3.63) is 0 Å². The van der Waals surface area contributed by atoms with Crippen LogP contribution < -0.4 is 5.32 Å². The molecule has 1 heterocycles. The van der Waals surface area contributed by atoms with Gasteiger partial charge < -0.3 is 10.1 Å². The predicted molar refractivity (Wildman–Crippen MR) is 72.2 cm³/mol. The smallest absolute Gasteiger partial charge is 0.0509 e. The van der Waals surface area contributed by atoms with Crippen molar-refractivity contribution in [3.63, 3.8) is 0 Å². The molecule has 2 heteroatoms. The molecular weight excluding hydrogens is 210 g/mol. The molecule has 0 spiro atoms. The molecule has 0 amide bonds. The first-order chi connectivity index (χ1) is 8.29. The Bertz CT molecular complexity index is 205. The Hall–Kier alpha value is -0.0800. The molecule has 1 saturated heterocycles. The van der Waals surface area contributed by atoms with Gasteiger partial charge in [-0.25, -0.2) is 0 Å². The van der Waals surface area contributed by atoms with Crippen molar-refractivity contribution < 1.29 is 4.74 Å². The van der Waals surface area contributed by atoms with E-state index in [-0.39, 0.29) is 0 Å². The standard InChI is InChI=1S/C15H29NO/c1-3-4-13-5-7-15(8-6-13)16-12(2)14-9-10-17-11-14/h12-16H,3-11H2,1-2H3. The molecule has 1 aliphatic carbocycles. The topological polar surface area (TPSA) is 21.3 Å². The van der Waals surface area contributed by atoms with Gasteiger partial charge in [0.1, 0.15) is 0 Å². The Labute approximate surface area is 107 Å². The van der Waals surface area contributed by atoms with Crippen molar-refractivity contribution in [2.75, 3.05) is 13.2 Å². The lowest BCUT2D eigenvalue weighted by molar-refractivity contribution is 0.172. The number of hydrogen-bond donors (Lipinski definition) is 1. The van der Waals surface area contributed by atoms with Crippen LogP contribution in [0.2, 0.25) is 0 Å². The highest BCUT2D eigenvalue weighted by atomic mass is 16.5. The van der Waals surface area contributed by atoms with Crippen molar-refractivity contribution in [2.45, 2.75) is 70.9 Å². The van der Waals surface area contributed by atoms with Crippen LogP contribution >= 0.6 is 0 Å². The second kappa shape index (κ2) is 6.75. The first-order valence-electron chi connectivity index (χ1n) is 7.63. The van der Waals surface area contributed by atoms with Gasteiger partial charge in [0, 0.05) is 18.7 Å². The zero-order chi connectivity index (χ0) is 12.1. The van der Waals surface area contributed by atoms with Gasteiger partial charge >= 0.3 is 0 Å². The van der Waals surface area contributed by atoms with E-state index >= 15 is 0 Å². The SMILES string of the molecule is CCCC1CCC(NC(C)C2CCOC2)CC1. The van der Waals surface area contributed by atoms with Gasteiger partial charge in [-0.1, -0.05) is 19.8 Å². The maximum Gasteiger partial charge on any atom is 0.0509 e. The Kier molecular flexibility index (Phi) is 5.30. The molecule has 100 valence electrons. The molecule has 2 nitrogen and oxygen atoms in total. The van der Waals surface area contributed by atoms with Crippen molar-refractivity contribution in [3.8, 4) is 0 Å². The minimum atomic E-state index is 0.644. The lowest BCUT2D eigenvalue weighted by Gasteiger charge is -2.32. The van der Waals surface area contributed by atoms with E-state index in [9.17, 15) is 0 Å². The molecule has 0 aromatic carbocycles. The van der Waals surface area contributed by atoms with Crippen molar-refractivity contribution in [1.29, 1.82) is 0 Å². The fourth-order valence-corrected chi connectivity index (χ4v) is 3.48. The van der Waals surface area contributed by atoms with E-state index in [0.717, 1.165) is 31.1 Å². The highest BCUT2D eigenvalue weighted by Crippen LogP contribution is 2.28. The van der Waals surface area contributed by atoms with Crippen LogP contribution in [0.3, 0.4) is 0 Å². The Morgan fingerprint density at radius 3 is 2.53 bits per heavy atom. The van der Waals surface area contributed by atoms with E-state index in [2.05, 4.69) is 19.2 Å². The molecule has 1 saturated carbocycles. The summed E-state index contributed by atoms with van der Waals surface area (Å²) in [4.78, 5) is 0. The zero-order valence-electron chi connectivity index (χ0n) is 11.6. The van der Waals surface area contributed by atoms with Crippen LogP contribution in [-0.2, 0) is 4.74 Å². The summed E-state index contributed by atoms with van der Waals surface area (Å²) in [6, 6.07) is 1.42. The average molecular weight is 239 g/mol. The van der Waals surface area contributed by atoms with Gasteiger partial charge in [-0.3, -0.25) is 0 Å². The van der Waals surface area contributed by atoms with E-state index in [0.29, 0.717) is 6.04 Å². The second-order valence-corrected chi connectivity index (χ2v) is 6.09. The molecule has 2 atom stereocenters. The van der Waals surface area contributed by atoms with Crippen molar-refractivity contribution >= 4 is 0 Å². The summed E-state index contributed by atoms with van der Waals surface area (Å²) in [6.45, 7) is 6.60. The van der Waals surface area contributed by atoms with Gasteiger partial charge in [-0.05, 0) is 50.9 Å². The third-order valence-electron chi connectivity index (χ3n) is 4.71. The maximum atomic E-state index is 5.48. The van der Waals surface area contributed by atoms with Crippen LogP contribution in [0.25, 0.3) is 0 Å². The summed E-state index contributed by atoms with van der Waals surface area (Å²) in [5.41, 5.74) is 0. The van der Waals surface area contributed by atoms with Crippen LogP contribution in [0.4, 0.5) is 0 Å². The molecule has 1 aliphatic heterocycles. The lowest BCUT2D eigenvalue weighted by atomic mass is 9.83. The van der Waals surface area contributed by atoms with Gasteiger partial charge in [0.25, 0.3) is 0 Å². The molecular formula is C15H29NO. The third-order valence-corrected chi connectivity index (χ3v) is 4.71. The Balaban J connectivity index is 1.66. The normalized spacial score (nSPS) is 36.0. The van der Waals surface area contributed by atoms with E-state index in [4.69, 9.17) is 4.74 Å². The lowest BCUT2D eigenvalue weighted by Crippen LogP contribution is -2.43. The summed E-state index contributed by atoms with van der Waals surface area (Å²) < 4.78 is 5.48. The average Bonchev–Trinajstić information content (AvgIpc) is 2.86. The van der Waals surface area contributed by atoms with Crippen molar-refractivity contribution in [1.82, 2.24) is 5.32 Å². The molecule has 0 aromatic rings. The van der Waals surface area contributed by atoms with Crippen LogP contribution in [0.15, 0.2) is 0 Å². The van der Waals surface area contributed by atoms with Crippen LogP contribution in [0.5, 0.6) is 0 Å². The van der Waals surface area contributed by atoms with Crippen LogP contribution in [0, 0.1) is 11.8 Å². The molecule has 2 fully saturated rings. The van der Waals surface area contributed by atoms with Crippen LogP contribution in [0.1, 0.15) is 58.8 Å². The van der Waals surface area contributed by atoms with Gasteiger partial charge in [0.05, 0.1) is 6.61 Å². The predicted octanol–water partition coefficient (Wildman–Crippen LogP) is 3.36. The first-order valence-corrected chi connectivity index (χ1v) is 7.63. The summed E-state index contributed by atoms with van der Waals surface area (Å²) in [5, 5.41) is 3.84. The molecule has 2 unspecified atom stereocenters. The van der Waals surface area contributed by atoms with Gasteiger partial charge in [-0.15, -0.1) is 0 Å². The fourth-order valence-electron chi connectivity index (χ4n) is 3.48. The molecule has 2 rings (SSSR count). The second-order valence-electron chi connectivity index (χ2n) is 6.09. The number of nitrogens with one attached hydrogen (secondary N) is 1. The number of hydrogen-bond acceptors (Lipinski definition) is 2. The third kappa shape index (κ3) is 3.96. The van der Waals surface area contributed by atoms with E-state index in [1.165, 1.54) is 44.9 Å². The highest BCUT2D eigenvalue weighted by molar-refractivity contribution is 4.83. The molecule has 0 radical (unpaired) electrons. The monoisotopic (exact) mass is 239 g/mol. The quantitative estimate of drug-likeness (QED) is 0.794. The van der Waals surface area contributed by atoms with Gasteiger partial charge in [-0.2, -0.15) is 0 Å². The Morgan fingerprint density at radius 1 is 1.18 bits per heavy atom. The minimum absolute atomic E-state index is 0.644. The largest absolute Gasteiger partial charge is 0.381 e. The van der Waals surface area contributed by atoms with E-state index in [1.54, 1.807) is 0 Å². The summed E-state index contributed by atoms with van der Waals surface area (Å²) in [6.07, 6.45) is 9.72.